The van der Waals surface area contributed by atoms with Gasteiger partial charge >= 0.3 is 5.97 Å². The van der Waals surface area contributed by atoms with E-state index in [0.29, 0.717) is 25.0 Å². The first kappa shape index (κ1) is 30.7. The first-order valence-corrected chi connectivity index (χ1v) is 12.9. The number of guanidine groups is 1. The Hall–Kier alpha value is -3.32. The average molecular weight is 524 g/mol. The van der Waals surface area contributed by atoms with E-state index in [4.69, 9.17) is 17.2 Å². The van der Waals surface area contributed by atoms with Crippen LogP contribution in [0, 0.1) is 0 Å². The van der Waals surface area contributed by atoms with Crippen molar-refractivity contribution < 1.29 is 24.3 Å². The molecule has 1 aromatic carbocycles. The fourth-order valence-electron chi connectivity index (χ4n) is 3.18. The summed E-state index contributed by atoms with van der Waals surface area (Å²) in [7, 11) is 0. The van der Waals surface area contributed by atoms with Gasteiger partial charge in [-0.2, -0.15) is 11.8 Å². The summed E-state index contributed by atoms with van der Waals surface area (Å²) in [4.78, 5) is 53.3. The number of nitrogens with zero attached hydrogens (tertiary/aromatic N) is 1. The minimum Gasteiger partial charge on any atom is -0.480 e. The van der Waals surface area contributed by atoms with Crippen LogP contribution in [0.3, 0.4) is 0 Å². The van der Waals surface area contributed by atoms with Crippen molar-refractivity contribution in [2.45, 2.75) is 56.8 Å². The van der Waals surface area contributed by atoms with Gasteiger partial charge in [0.15, 0.2) is 5.96 Å². The third kappa shape index (κ3) is 11.9. The first-order chi connectivity index (χ1) is 17.0. The Bertz CT molecular complexity index is 896. The van der Waals surface area contributed by atoms with Crippen molar-refractivity contribution in [3.63, 3.8) is 0 Å². The number of hydrogen-bond acceptors (Lipinski definition) is 7. The first-order valence-electron chi connectivity index (χ1n) is 11.5. The summed E-state index contributed by atoms with van der Waals surface area (Å²) in [6.45, 7) is 1.65. The van der Waals surface area contributed by atoms with Crippen LogP contribution < -0.4 is 33.2 Å². The van der Waals surface area contributed by atoms with Crippen molar-refractivity contribution >= 4 is 41.4 Å². The van der Waals surface area contributed by atoms with Crippen LogP contribution in [0.4, 0.5) is 0 Å². The number of hydrogen-bond donors (Lipinski definition) is 7. The molecular formula is C23H37N7O5S. The number of carboxylic acids is 1. The van der Waals surface area contributed by atoms with Crippen LogP contribution in [0.25, 0.3) is 0 Å². The minimum absolute atomic E-state index is 0.101. The second-order valence-electron chi connectivity index (χ2n) is 8.22. The van der Waals surface area contributed by atoms with Gasteiger partial charge in [-0.3, -0.25) is 19.4 Å². The minimum atomic E-state index is -1.22. The highest BCUT2D eigenvalue weighted by Crippen LogP contribution is 2.06. The normalized spacial score (nSPS) is 14.0. The maximum absolute atomic E-state index is 12.9. The number of nitrogens with one attached hydrogen (secondary N) is 3. The Kier molecular flexibility index (Phi) is 14.0. The van der Waals surface area contributed by atoms with E-state index in [2.05, 4.69) is 20.9 Å². The molecular weight excluding hydrogens is 486 g/mol. The lowest BCUT2D eigenvalue weighted by Gasteiger charge is -2.23. The lowest BCUT2D eigenvalue weighted by molar-refractivity contribution is -0.142. The largest absolute Gasteiger partial charge is 0.480 e. The fraction of sp³-hybridized carbons (Fsp3) is 0.522. The molecule has 0 spiro atoms. The zero-order valence-corrected chi connectivity index (χ0v) is 21.4. The monoisotopic (exact) mass is 523 g/mol. The zero-order chi connectivity index (χ0) is 27.1. The number of aliphatic carboxylic acids is 1. The second-order valence-corrected chi connectivity index (χ2v) is 9.20. The van der Waals surface area contributed by atoms with Crippen molar-refractivity contribution in [2.24, 2.45) is 22.2 Å². The highest BCUT2D eigenvalue weighted by molar-refractivity contribution is 7.98. The van der Waals surface area contributed by atoms with Gasteiger partial charge in [-0.25, -0.2) is 4.79 Å². The van der Waals surface area contributed by atoms with Crippen molar-refractivity contribution in [2.75, 3.05) is 18.6 Å². The second kappa shape index (κ2) is 16.4. The van der Waals surface area contributed by atoms with E-state index in [-0.39, 0.29) is 18.9 Å². The maximum Gasteiger partial charge on any atom is 0.326 e. The third-order valence-corrected chi connectivity index (χ3v) is 5.83. The zero-order valence-electron chi connectivity index (χ0n) is 20.6. The summed E-state index contributed by atoms with van der Waals surface area (Å²) in [6.07, 6.45) is 2.94. The van der Waals surface area contributed by atoms with E-state index in [0.717, 1.165) is 5.56 Å². The van der Waals surface area contributed by atoms with Crippen LogP contribution >= 0.6 is 11.8 Å². The van der Waals surface area contributed by atoms with E-state index >= 15 is 0 Å². The lowest BCUT2D eigenvalue weighted by Crippen LogP contribution is -2.56. The predicted molar refractivity (Wildman–Crippen MR) is 140 cm³/mol. The molecule has 4 unspecified atom stereocenters. The number of nitrogens with two attached hydrogens (primary N) is 3. The Morgan fingerprint density at radius 2 is 1.61 bits per heavy atom. The molecule has 1 rings (SSSR count). The molecule has 200 valence electrons. The molecule has 0 heterocycles. The summed E-state index contributed by atoms with van der Waals surface area (Å²) in [5.74, 6) is -2.46. The van der Waals surface area contributed by atoms with E-state index in [1.165, 1.54) is 18.7 Å². The highest BCUT2D eigenvalue weighted by atomic mass is 32.2. The van der Waals surface area contributed by atoms with Gasteiger partial charge in [0.05, 0.1) is 6.04 Å². The van der Waals surface area contributed by atoms with Gasteiger partial charge in [0, 0.05) is 6.54 Å². The molecule has 13 heteroatoms. The van der Waals surface area contributed by atoms with Gasteiger partial charge in [0.1, 0.15) is 18.1 Å². The van der Waals surface area contributed by atoms with Crippen LogP contribution in [0.1, 0.15) is 31.7 Å². The summed E-state index contributed by atoms with van der Waals surface area (Å²) in [5.41, 5.74) is 17.4. The van der Waals surface area contributed by atoms with Crippen molar-refractivity contribution in [3.8, 4) is 0 Å². The number of carboxylic acid groups (broad SMARTS) is 1. The van der Waals surface area contributed by atoms with Gasteiger partial charge in [-0.1, -0.05) is 30.3 Å². The van der Waals surface area contributed by atoms with Crippen LogP contribution in [0.15, 0.2) is 35.3 Å². The molecule has 0 aliphatic heterocycles. The fourth-order valence-corrected chi connectivity index (χ4v) is 3.65. The van der Waals surface area contributed by atoms with Crippen LogP contribution in [0.5, 0.6) is 0 Å². The lowest BCUT2D eigenvalue weighted by atomic mass is 10.1. The number of rotatable bonds is 16. The van der Waals surface area contributed by atoms with Gasteiger partial charge in [0.2, 0.25) is 17.7 Å². The average Bonchev–Trinajstić information content (AvgIpc) is 2.83. The smallest absolute Gasteiger partial charge is 0.326 e. The molecule has 36 heavy (non-hydrogen) atoms. The molecule has 0 radical (unpaired) electrons. The SMILES string of the molecule is CSCCC(NC(=O)C(N)Cc1ccccc1)C(=O)NC(C)C(=O)NC(CCCN=C(N)N)C(=O)O. The number of aliphatic imine (C=N–C) groups is 1. The van der Waals surface area contributed by atoms with Gasteiger partial charge < -0.3 is 38.3 Å². The molecule has 0 saturated heterocycles. The van der Waals surface area contributed by atoms with Gasteiger partial charge in [-0.05, 0) is 50.2 Å². The number of amides is 3. The Balaban J connectivity index is 2.70. The van der Waals surface area contributed by atoms with Crippen molar-refractivity contribution in [1.82, 2.24) is 16.0 Å². The Morgan fingerprint density at radius 1 is 0.972 bits per heavy atom. The summed E-state index contributed by atoms with van der Waals surface area (Å²) in [5, 5.41) is 17.0. The topological polar surface area (TPSA) is 215 Å². The van der Waals surface area contributed by atoms with E-state index in [1.54, 1.807) is 0 Å². The van der Waals surface area contributed by atoms with Crippen molar-refractivity contribution in [1.29, 1.82) is 0 Å². The van der Waals surface area contributed by atoms with Crippen LogP contribution in [-0.2, 0) is 25.6 Å². The summed E-state index contributed by atoms with van der Waals surface area (Å²) >= 11 is 1.50. The van der Waals surface area contributed by atoms with Gasteiger partial charge in [0.25, 0.3) is 0 Å². The van der Waals surface area contributed by atoms with Crippen LogP contribution in [-0.4, -0.2) is 77.5 Å². The standard InChI is InChI=1S/C23H37N7O5S/c1-14(19(31)30-18(22(34)35)9-6-11-27-23(25)26)28-21(33)17(10-12-36-2)29-20(32)16(24)13-15-7-4-3-5-8-15/h3-5,7-8,14,16-18H,6,9-13,24H2,1-2H3,(H,28,33)(H,29,32)(H,30,31)(H,34,35)(H4,25,26,27). The van der Waals surface area contributed by atoms with Crippen molar-refractivity contribution in [3.05, 3.63) is 35.9 Å². The molecule has 0 aliphatic carbocycles. The number of benzene rings is 1. The molecule has 0 bridgehead atoms. The predicted octanol–water partition coefficient (Wildman–Crippen LogP) is -1.08. The summed E-state index contributed by atoms with van der Waals surface area (Å²) in [6, 6.07) is 5.30. The van der Waals surface area contributed by atoms with Gasteiger partial charge in [-0.15, -0.1) is 0 Å². The maximum atomic E-state index is 12.9. The number of carbonyl (C=O) groups is 4. The molecule has 1 aromatic rings. The highest BCUT2D eigenvalue weighted by Gasteiger charge is 2.28. The number of thioether (sulfide) groups is 1. The molecule has 0 fully saturated rings. The number of carbonyl (C=O) groups excluding carboxylic acids is 3. The van der Waals surface area contributed by atoms with E-state index in [1.807, 2.05) is 36.6 Å². The van der Waals surface area contributed by atoms with Crippen LogP contribution in [0.2, 0.25) is 0 Å². The van der Waals surface area contributed by atoms with E-state index < -0.39 is 47.9 Å². The Morgan fingerprint density at radius 3 is 2.19 bits per heavy atom. The van der Waals surface area contributed by atoms with E-state index in [9.17, 15) is 24.3 Å². The Labute approximate surface area is 215 Å². The molecule has 0 saturated carbocycles. The molecule has 10 N–H and O–H groups in total. The molecule has 12 nitrogen and oxygen atoms in total. The molecule has 0 aliphatic rings. The third-order valence-electron chi connectivity index (χ3n) is 5.19. The molecule has 0 aromatic heterocycles. The molecule has 4 atom stereocenters. The quantitative estimate of drug-likeness (QED) is 0.0795. The molecule has 3 amide bonds. The summed E-state index contributed by atoms with van der Waals surface area (Å²) < 4.78 is 0.